The molecule has 1 aromatic rings. The van der Waals surface area contributed by atoms with Crippen molar-refractivity contribution in [3.05, 3.63) is 35.9 Å². The molecule has 0 bridgehead atoms. The molecular formula is C15H26ClN3O2. The van der Waals surface area contributed by atoms with Gasteiger partial charge < -0.3 is 20.3 Å². The van der Waals surface area contributed by atoms with Gasteiger partial charge in [-0.1, -0.05) is 30.3 Å². The van der Waals surface area contributed by atoms with E-state index in [1.54, 1.807) is 12.0 Å². The number of halogens is 1. The van der Waals surface area contributed by atoms with Crippen LogP contribution in [0.15, 0.2) is 30.3 Å². The van der Waals surface area contributed by atoms with Gasteiger partial charge in [-0.25, -0.2) is 0 Å². The molecule has 0 aliphatic heterocycles. The van der Waals surface area contributed by atoms with Gasteiger partial charge in [-0.15, -0.1) is 12.4 Å². The Kier molecular flexibility index (Phi) is 9.99. The van der Waals surface area contributed by atoms with Crippen molar-refractivity contribution in [3.8, 4) is 0 Å². The summed E-state index contributed by atoms with van der Waals surface area (Å²) in [5.41, 5.74) is 6.96. The van der Waals surface area contributed by atoms with Crippen LogP contribution >= 0.6 is 12.4 Å². The summed E-state index contributed by atoms with van der Waals surface area (Å²) in [5.74, 6) is -0.0717. The second-order valence-electron chi connectivity index (χ2n) is 5.11. The summed E-state index contributed by atoms with van der Waals surface area (Å²) >= 11 is 0. The fourth-order valence-corrected chi connectivity index (χ4v) is 1.88. The van der Waals surface area contributed by atoms with Crippen molar-refractivity contribution < 1.29 is 9.53 Å². The molecule has 0 spiro atoms. The molecule has 0 radical (unpaired) electrons. The third-order valence-electron chi connectivity index (χ3n) is 3.01. The minimum Gasteiger partial charge on any atom is -0.383 e. The molecular weight excluding hydrogens is 290 g/mol. The number of carbonyl (C=O) groups excluding carboxylic acids is 1. The highest BCUT2D eigenvalue weighted by molar-refractivity contribution is 5.85. The fraction of sp³-hybridized carbons (Fsp3) is 0.533. The molecule has 1 amide bonds. The van der Waals surface area contributed by atoms with Crippen molar-refractivity contribution in [2.24, 2.45) is 5.73 Å². The number of benzene rings is 1. The van der Waals surface area contributed by atoms with E-state index in [0.29, 0.717) is 13.1 Å². The average Bonchev–Trinajstić information content (AvgIpc) is 2.44. The molecule has 21 heavy (non-hydrogen) atoms. The topological polar surface area (TPSA) is 58.8 Å². The van der Waals surface area contributed by atoms with Gasteiger partial charge in [-0.05, 0) is 19.7 Å². The molecule has 1 unspecified atom stereocenters. The molecule has 0 heterocycles. The highest BCUT2D eigenvalue weighted by Gasteiger charge is 2.21. The number of hydrogen-bond acceptors (Lipinski definition) is 4. The highest BCUT2D eigenvalue weighted by atomic mass is 35.5. The van der Waals surface area contributed by atoms with Crippen molar-refractivity contribution in [3.63, 3.8) is 0 Å². The predicted octanol–water partition coefficient (Wildman–Crippen LogP) is 0.972. The molecule has 1 aromatic carbocycles. The van der Waals surface area contributed by atoms with Crippen LogP contribution < -0.4 is 5.73 Å². The van der Waals surface area contributed by atoms with Crippen LogP contribution in [0, 0.1) is 0 Å². The number of methoxy groups -OCH3 is 1. The molecule has 0 fully saturated rings. The Bertz CT molecular complexity index is 401. The lowest BCUT2D eigenvalue weighted by atomic mass is 10.2. The second kappa shape index (κ2) is 10.6. The SMILES string of the molecule is COCC(N)C(=O)N(CCN(C)C)Cc1ccccc1.Cl. The van der Waals surface area contributed by atoms with E-state index in [0.717, 1.165) is 12.1 Å². The molecule has 0 aromatic heterocycles. The van der Waals surface area contributed by atoms with E-state index in [1.807, 2.05) is 49.3 Å². The van der Waals surface area contributed by atoms with E-state index < -0.39 is 6.04 Å². The molecule has 1 rings (SSSR count). The minimum atomic E-state index is -0.606. The molecule has 0 saturated heterocycles. The predicted molar refractivity (Wildman–Crippen MR) is 87.5 cm³/mol. The molecule has 2 N–H and O–H groups in total. The maximum absolute atomic E-state index is 12.4. The summed E-state index contributed by atoms with van der Waals surface area (Å²) in [6.45, 7) is 2.27. The first-order valence-corrected chi connectivity index (χ1v) is 6.76. The van der Waals surface area contributed by atoms with Crippen molar-refractivity contribution >= 4 is 18.3 Å². The van der Waals surface area contributed by atoms with Crippen LogP contribution in [0.2, 0.25) is 0 Å². The van der Waals surface area contributed by atoms with Crippen LogP contribution in [-0.4, -0.2) is 62.7 Å². The molecule has 1 atom stereocenters. The van der Waals surface area contributed by atoms with Crippen LogP contribution in [-0.2, 0) is 16.1 Å². The van der Waals surface area contributed by atoms with E-state index in [-0.39, 0.29) is 24.9 Å². The van der Waals surface area contributed by atoms with E-state index in [4.69, 9.17) is 10.5 Å². The summed E-state index contributed by atoms with van der Waals surface area (Å²) in [7, 11) is 5.52. The van der Waals surface area contributed by atoms with Crippen LogP contribution in [0.25, 0.3) is 0 Å². The first-order valence-electron chi connectivity index (χ1n) is 6.76. The third-order valence-corrected chi connectivity index (χ3v) is 3.01. The van der Waals surface area contributed by atoms with Gasteiger partial charge in [0.05, 0.1) is 6.61 Å². The Morgan fingerprint density at radius 3 is 2.38 bits per heavy atom. The number of likely N-dealkylation sites (N-methyl/N-ethyl adjacent to an activating group) is 1. The van der Waals surface area contributed by atoms with Gasteiger partial charge in [0, 0.05) is 26.7 Å². The fourth-order valence-electron chi connectivity index (χ4n) is 1.88. The Morgan fingerprint density at radius 2 is 1.86 bits per heavy atom. The van der Waals surface area contributed by atoms with Gasteiger partial charge in [0.1, 0.15) is 6.04 Å². The van der Waals surface area contributed by atoms with E-state index in [9.17, 15) is 4.79 Å². The lowest BCUT2D eigenvalue weighted by Gasteiger charge is -2.27. The summed E-state index contributed by atoms with van der Waals surface area (Å²) < 4.78 is 4.97. The number of hydrogen-bond donors (Lipinski definition) is 1. The molecule has 0 aliphatic rings. The molecule has 5 nitrogen and oxygen atoms in total. The van der Waals surface area contributed by atoms with Gasteiger partial charge in [0.2, 0.25) is 5.91 Å². The summed E-state index contributed by atoms with van der Waals surface area (Å²) in [5, 5.41) is 0. The van der Waals surface area contributed by atoms with Gasteiger partial charge in [-0.2, -0.15) is 0 Å². The highest BCUT2D eigenvalue weighted by Crippen LogP contribution is 2.06. The monoisotopic (exact) mass is 315 g/mol. The second-order valence-corrected chi connectivity index (χ2v) is 5.11. The smallest absolute Gasteiger partial charge is 0.242 e. The van der Waals surface area contributed by atoms with Crippen LogP contribution in [0.3, 0.4) is 0 Å². The van der Waals surface area contributed by atoms with Gasteiger partial charge in [0.25, 0.3) is 0 Å². The van der Waals surface area contributed by atoms with Crippen LogP contribution in [0.5, 0.6) is 0 Å². The van der Waals surface area contributed by atoms with Crippen molar-refractivity contribution in [2.45, 2.75) is 12.6 Å². The largest absolute Gasteiger partial charge is 0.383 e. The zero-order chi connectivity index (χ0) is 15.0. The lowest BCUT2D eigenvalue weighted by molar-refractivity contribution is -0.134. The number of nitrogens with two attached hydrogens (primary N) is 1. The molecule has 0 aliphatic carbocycles. The Hall–Kier alpha value is -1.14. The number of carbonyl (C=O) groups is 1. The van der Waals surface area contributed by atoms with E-state index >= 15 is 0 Å². The van der Waals surface area contributed by atoms with Crippen molar-refractivity contribution in [2.75, 3.05) is 40.9 Å². The van der Waals surface area contributed by atoms with Gasteiger partial charge in [0.15, 0.2) is 0 Å². The minimum absolute atomic E-state index is 0. The van der Waals surface area contributed by atoms with E-state index in [1.165, 1.54) is 0 Å². The zero-order valence-electron chi connectivity index (χ0n) is 13.0. The van der Waals surface area contributed by atoms with Gasteiger partial charge >= 0.3 is 0 Å². The van der Waals surface area contributed by atoms with Gasteiger partial charge in [-0.3, -0.25) is 4.79 Å². The average molecular weight is 316 g/mol. The summed E-state index contributed by atoms with van der Waals surface area (Å²) in [4.78, 5) is 16.2. The van der Waals surface area contributed by atoms with E-state index in [2.05, 4.69) is 0 Å². The molecule has 0 saturated carbocycles. The first-order chi connectivity index (χ1) is 9.54. The maximum atomic E-state index is 12.4. The third kappa shape index (κ3) is 7.43. The zero-order valence-corrected chi connectivity index (χ0v) is 13.8. The van der Waals surface area contributed by atoms with Crippen molar-refractivity contribution in [1.29, 1.82) is 0 Å². The maximum Gasteiger partial charge on any atom is 0.242 e. The summed E-state index contributed by atoms with van der Waals surface area (Å²) in [6, 6.07) is 9.32. The van der Waals surface area contributed by atoms with Crippen molar-refractivity contribution in [1.82, 2.24) is 9.80 Å². The Balaban J connectivity index is 0.00000400. The number of rotatable bonds is 8. The standard InChI is InChI=1S/C15H25N3O2.ClH/c1-17(2)9-10-18(15(19)14(16)12-20-3)11-13-7-5-4-6-8-13;/h4-8,14H,9-12,16H2,1-3H3;1H. The Morgan fingerprint density at radius 1 is 1.24 bits per heavy atom. The first kappa shape index (κ1) is 19.9. The number of ether oxygens (including phenoxy) is 1. The Labute approximate surface area is 133 Å². The summed E-state index contributed by atoms with van der Waals surface area (Å²) in [6.07, 6.45) is 0. The quantitative estimate of drug-likeness (QED) is 0.776. The number of nitrogens with zero attached hydrogens (tertiary/aromatic N) is 2. The number of amides is 1. The normalized spacial score (nSPS) is 11.9. The van der Waals surface area contributed by atoms with Crippen LogP contribution in [0.1, 0.15) is 5.56 Å². The molecule has 120 valence electrons. The molecule has 6 heteroatoms. The lowest BCUT2D eigenvalue weighted by Crippen LogP contribution is -2.47. The van der Waals surface area contributed by atoms with Crippen LogP contribution in [0.4, 0.5) is 0 Å².